The van der Waals surface area contributed by atoms with Crippen LogP contribution < -0.4 is 5.73 Å². The molecule has 22 heavy (non-hydrogen) atoms. The first kappa shape index (κ1) is 14.7. The topological polar surface area (TPSA) is 84.2 Å². The predicted molar refractivity (Wildman–Crippen MR) is 82.1 cm³/mol. The fourth-order valence-corrected chi connectivity index (χ4v) is 2.96. The largest absolute Gasteiger partial charge is 0.380 e. The Morgan fingerprint density at radius 3 is 2.82 bits per heavy atom. The number of nitrogens with zero attached hydrogens (tertiary/aromatic N) is 2. The van der Waals surface area contributed by atoms with Gasteiger partial charge in [0.05, 0.1) is 12.1 Å². The Balaban J connectivity index is 1.75. The summed E-state index contributed by atoms with van der Waals surface area (Å²) >= 11 is 0. The van der Waals surface area contributed by atoms with Crippen molar-refractivity contribution in [3.05, 3.63) is 53.6 Å². The van der Waals surface area contributed by atoms with E-state index in [9.17, 15) is 4.79 Å². The molecule has 2 aromatic rings. The second-order valence-corrected chi connectivity index (χ2v) is 5.57. The highest BCUT2D eigenvalue weighted by molar-refractivity contribution is 5.92. The highest BCUT2D eigenvalue weighted by atomic mass is 16.5. The number of imidazole rings is 1. The van der Waals surface area contributed by atoms with Crippen LogP contribution in [0.25, 0.3) is 0 Å². The number of aromatic amines is 1. The Labute approximate surface area is 129 Å². The minimum Gasteiger partial charge on any atom is -0.380 e. The van der Waals surface area contributed by atoms with Crippen LogP contribution in [0.1, 0.15) is 34.2 Å². The van der Waals surface area contributed by atoms with Gasteiger partial charge < -0.3 is 15.5 Å². The van der Waals surface area contributed by atoms with E-state index in [0.29, 0.717) is 5.56 Å². The number of primary amides is 1. The molecule has 1 aromatic heterocycles. The van der Waals surface area contributed by atoms with Gasteiger partial charge in [-0.3, -0.25) is 9.69 Å². The number of aromatic nitrogens is 2. The van der Waals surface area contributed by atoms with E-state index in [-0.39, 0.29) is 12.1 Å². The van der Waals surface area contributed by atoms with Gasteiger partial charge in [0, 0.05) is 38.2 Å². The fraction of sp³-hybridized carbons (Fsp3) is 0.375. The van der Waals surface area contributed by atoms with E-state index in [1.54, 1.807) is 25.4 Å². The minimum absolute atomic E-state index is 0.208. The van der Waals surface area contributed by atoms with Gasteiger partial charge in [-0.1, -0.05) is 12.1 Å². The van der Waals surface area contributed by atoms with E-state index < -0.39 is 5.91 Å². The molecule has 2 heterocycles. The lowest BCUT2D eigenvalue weighted by Gasteiger charge is -2.22. The normalized spacial score (nSPS) is 22.0. The average molecular weight is 300 g/mol. The van der Waals surface area contributed by atoms with E-state index in [4.69, 9.17) is 10.5 Å². The maximum atomic E-state index is 11.1. The molecule has 1 aliphatic rings. The number of amides is 1. The SMILES string of the molecule is CO[C@@H]1CC(c2ncc[nH]2)N(Cc2ccc(C(N)=O)cc2)C1. The van der Waals surface area contributed by atoms with Crippen LogP contribution in [-0.2, 0) is 11.3 Å². The number of H-pyrrole nitrogens is 1. The summed E-state index contributed by atoms with van der Waals surface area (Å²) in [6.07, 6.45) is 4.74. The van der Waals surface area contributed by atoms with Crippen LogP contribution in [0.2, 0.25) is 0 Å². The van der Waals surface area contributed by atoms with E-state index >= 15 is 0 Å². The molecule has 3 N–H and O–H groups in total. The molecule has 6 heteroatoms. The molecule has 0 saturated carbocycles. The van der Waals surface area contributed by atoms with Gasteiger partial charge in [-0.2, -0.15) is 0 Å². The Morgan fingerprint density at radius 2 is 2.23 bits per heavy atom. The van der Waals surface area contributed by atoms with Crippen LogP contribution in [0.4, 0.5) is 0 Å². The van der Waals surface area contributed by atoms with Gasteiger partial charge in [-0.25, -0.2) is 4.98 Å². The van der Waals surface area contributed by atoms with Gasteiger partial charge in [-0.15, -0.1) is 0 Å². The lowest BCUT2D eigenvalue weighted by atomic mass is 10.1. The van der Waals surface area contributed by atoms with Crippen molar-refractivity contribution in [3.8, 4) is 0 Å². The summed E-state index contributed by atoms with van der Waals surface area (Å²) in [5.41, 5.74) is 6.94. The van der Waals surface area contributed by atoms with Crippen LogP contribution >= 0.6 is 0 Å². The first-order valence-corrected chi connectivity index (χ1v) is 7.32. The molecular formula is C16H20N4O2. The van der Waals surface area contributed by atoms with Crippen LogP contribution in [0.3, 0.4) is 0 Å². The minimum atomic E-state index is -0.402. The molecule has 3 rings (SSSR count). The number of ether oxygens (including phenoxy) is 1. The van der Waals surface area contributed by atoms with Crippen LogP contribution in [0, 0.1) is 0 Å². The third kappa shape index (κ3) is 3.03. The number of carbonyl (C=O) groups excluding carboxylic acids is 1. The van der Waals surface area contributed by atoms with Crippen LogP contribution in [-0.4, -0.2) is 40.5 Å². The molecule has 0 spiro atoms. The van der Waals surface area contributed by atoms with E-state index in [1.807, 2.05) is 18.3 Å². The summed E-state index contributed by atoms with van der Waals surface area (Å²) in [4.78, 5) is 21.0. The number of likely N-dealkylation sites (tertiary alicyclic amines) is 1. The molecule has 2 atom stereocenters. The molecular weight excluding hydrogens is 280 g/mol. The predicted octanol–water partition coefficient (Wildman–Crippen LogP) is 1.47. The van der Waals surface area contributed by atoms with Crippen molar-refractivity contribution < 1.29 is 9.53 Å². The number of benzene rings is 1. The standard InChI is InChI=1S/C16H20N4O2/c1-22-13-8-14(16-18-6-7-19-16)20(10-13)9-11-2-4-12(5-3-11)15(17)21/h2-7,13-14H,8-10H2,1H3,(H2,17,21)(H,18,19)/t13-,14?/m1/s1. The third-order valence-electron chi connectivity index (χ3n) is 4.16. The van der Waals surface area contributed by atoms with Gasteiger partial charge in [0.1, 0.15) is 5.82 Å². The Kier molecular flexibility index (Phi) is 4.22. The number of carbonyl (C=O) groups is 1. The average Bonchev–Trinajstić information content (AvgIpc) is 3.16. The zero-order valence-electron chi connectivity index (χ0n) is 12.5. The molecule has 1 aromatic carbocycles. The van der Waals surface area contributed by atoms with Gasteiger partial charge in [0.2, 0.25) is 5.91 Å². The third-order valence-corrected chi connectivity index (χ3v) is 4.16. The van der Waals surface area contributed by atoms with Crippen LogP contribution in [0.5, 0.6) is 0 Å². The Hall–Kier alpha value is -2.18. The molecule has 116 valence electrons. The van der Waals surface area contributed by atoms with E-state index in [0.717, 1.165) is 30.9 Å². The Bertz CT molecular complexity index is 624. The molecule has 1 saturated heterocycles. The molecule has 1 amide bonds. The fourth-order valence-electron chi connectivity index (χ4n) is 2.96. The van der Waals surface area contributed by atoms with Gasteiger partial charge in [0.25, 0.3) is 0 Å². The summed E-state index contributed by atoms with van der Waals surface area (Å²) in [6, 6.07) is 7.64. The van der Waals surface area contributed by atoms with E-state index in [2.05, 4.69) is 14.9 Å². The summed E-state index contributed by atoms with van der Waals surface area (Å²) in [7, 11) is 1.75. The maximum absolute atomic E-state index is 11.1. The summed E-state index contributed by atoms with van der Waals surface area (Å²) in [5, 5.41) is 0. The number of hydrogen-bond acceptors (Lipinski definition) is 4. The molecule has 1 fully saturated rings. The second-order valence-electron chi connectivity index (χ2n) is 5.57. The first-order chi connectivity index (χ1) is 10.7. The second kappa shape index (κ2) is 6.29. The number of rotatable bonds is 5. The monoisotopic (exact) mass is 300 g/mol. The molecule has 0 radical (unpaired) electrons. The summed E-state index contributed by atoms with van der Waals surface area (Å²) < 4.78 is 5.51. The zero-order valence-corrected chi connectivity index (χ0v) is 12.5. The number of methoxy groups -OCH3 is 1. The highest BCUT2D eigenvalue weighted by Gasteiger charge is 2.34. The van der Waals surface area contributed by atoms with Crippen LogP contribution in [0.15, 0.2) is 36.7 Å². The Morgan fingerprint density at radius 1 is 1.45 bits per heavy atom. The molecule has 1 aliphatic heterocycles. The molecule has 0 bridgehead atoms. The molecule has 6 nitrogen and oxygen atoms in total. The smallest absolute Gasteiger partial charge is 0.248 e. The summed E-state index contributed by atoms with van der Waals surface area (Å²) in [5.74, 6) is 0.564. The summed E-state index contributed by atoms with van der Waals surface area (Å²) in [6.45, 7) is 1.64. The zero-order chi connectivity index (χ0) is 15.5. The quantitative estimate of drug-likeness (QED) is 0.876. The first-order valence-electron chi connectivity index (χ1n) is 7.32. The lowest BCUT2D eigenvalue weighted by Crippen LogP contribution is -2.25. The van der Waals surface area contributed by atoms with Crippen molar-refractivity contribution in [3.63, 3.8) is 0 Å². The van der Waals surface area contributed by atoms with Gasteiger partial charge in [-0.05, 0) is 24.1 Å². The molecule has 0 aliphatic carbocycles. The number of nitrogens with two attached hydrogens (primary N) is 1. The van der Waals surface area contributed by atoms with Crippen molar-refractivity contribution in [2.75, 3.05) is 13.7 Å². The van der Waals surface area contributed by atoms with Crippen molar-refractivity contribution in [2.45, 2.75) is 25.1 Å². The van der Waals surface area contributed by atoms with E-state index in [1.165, 1.54) is 0 Å². The van der Waals surface area contributed by atoms with Gasteiger partial charge >= 0.3 is 0 Å². The number of nitrogens with one attached hydrogen (secondary N) is 1. The van der Waals surface area contributed by atoms with Crippen molar-refractivity contribution in [1.82, 2.24) is 14.9 Å². The molecule has 1 unspecified atom stereocenters. The van der Waals surface area contributed by atoms with Crippen molar-refractivity contribution in [1.29, 1.82) is 0 Å². The highest BCUT2D eigenvalue weighted by Crippen LogP contribution is 2.32. The number of hydrogen-bond donors (Lipinski definition) is 2. The maximum Gasteiger partial charge on any atom is 0.248 e. The van der Waals surface area contributed by atoms with Gasteiger partial charge in [0.15, 0.2) is 0 Å². The van der Waals surface area contributed by atoms with Crippen molar-refractivity contribution in [2.24, 2.45) is 5.73 Å². The van der Waals surface area contributed by atoms with Crippen molar-refractivity contribution >= 4 is 5.91 Å². The lowest BCUT2D eigenvalue weighted by molar-refractivity contribution is 0.100.